The molecule has 3 nitrogen and oxygen atoms in total. The highest BCUT2D eigenvalue weighted by atomic mass is 32.2. The van der Waals surface area contributed by atoms with E-state index in [1.807, 2.05) is 0 Å². The maximum atomic E-state index is 13.5. The molecule has 0 aliphatic heterocycles. The van der Waals surface area contributed by atoms with Gasteiger partial charge in [0.25, 0.3) is 0 Å². The Bertz CT molecular complexity index is 633. The minimum atomic E-state index is -0.314. The summed E-state index contributed by atoms with van der Waals surface area (Å²) < 4.78 is 13.5. The Labute approximate surface area is 127 Å². The molecule has 1 amide bonds. The average molecular weight is 305 g/mol. The van der Waals surface area contributed by atoms with Crippen LogP contribution in [0.2, 0.25) is 0 Å². The van der Waals surface area contributed by atoms with Gasteiger partial charge in [0.05, 0.1) is 5.75 Å². The summed E-state index contributed by atoms with van der Waals surface area (Å²) >= 11 is 1.26. The van der Waals surface area contributed by atoms with Gasteiger partial charge in [-0.1, -0.05) is 30.3 Å². The van der Waals surface area contributed by atoms with Gasteiger partial charge in [0, 0.05) is 24.1 Å². The maximum Gasteiger partial charge on any atom is 0.232 e. The summed E-state index contributed by atoms with van der Waals surface area (Å²) in [5, 5.41) is 9.64. The normalized spacial score (nSPS) is 10.4. The molecule has 0 saturated heterocycles. The second-order valence-corrected chi connectivity index (χ2v) is 5.61. The molecular formula is C16H16FNO2S. The molecule has 0 atom stereocenters. The van der Waals surface area contributed by atoms with Gasteiger partial charge < -0.3 is 10.0 Å². The number of phenols is 1. The van der Waals surface area contributed by atoms with Crippen LogP contribution in [0.5, 0.6) is 5.75 Å². The molecule has 0 saturated carbocycles. The highest BCUT2D eigenvalue weighted by Crippen LogP contribution is 2.27. The Hall–Kier alpha value is -2.01. The number of amides is 1. The number of halogens is 1. The predicted octanol–water partition coefficient (Wildman–Crippen LogP) is 3.28. The number of hydrogen-bond acceptors (Lipinski definition) is 3. The van der Waals surface area contributed by atoms with E-state index in [1.165, 1.54) is 22.7 Å². The van der Waals surface area contributed by atoms with E-state index in [-0.39, 0.29) is 29.8 Å². The van der Waals surface area contributed by atoms with Crippen molar-refractivity contribution in [2.24, 2.45) is 0 Å². The van der Waals surface area contributed by atoms with Crippen LogP contribution in [0.1, 0.15) is 5.56 Å². The van der Waals surface area contributed by atoms with Gasteiger partial charge in [-0.05, 0) is 18.2 Å². The van der Waals surface area contributed by atoms with Crippen LogP contribution in [0.25, 0.3) is 0 Å². The van der Waals surface area contributed by atoms with Crippen LogP contribution in [0, 0.1) is 5.82 Å². The third-order valence-electron chi connectivity index (χ3n) is 3.01. The van der Waals surface area contributed by atoms with Crippen LogP contribution in [0.4, 0.5) is 4.39 Å². The summed E-state index contributed by atoms with van der Waals surface area (Å²) in [6, 6.07) is 13.3. The van der Waals surface area contributed by atoms with Gasteiger partial charge in [-0.3, -0.25) is 4.79 Å². The van der Waals surface area contributed by atoms with E-state index in [2.05, 4.69) is 0 Å². The number of thioether (sulfide) groups is 1. The number of aromatic hydroxyl groups is 1. The molecule has 0 aliphatic rings. The standard InChI is InChI=1S/C16H16FNO2S/c1-18(10-12-6-2-3-7-13(12)17)16(20)11-21-15-9-5-4-8-14(15)19/h2-9,19H,10-11H2,1H3. The maximum absolute atomic E-state index is 13.5. The number of benzene rings is 2. The second-order valence-electron chi connectivity index (χ2n) is 4.60. The molecule has 0 bridgehead atoms. The Morgan fingerprint density at radius 1 is 1.19 bits per heavy atom. The highest BCUT2D eigenvalue weighted by Gasteiger charge is 2.12. The van der Waals surface area contributed by atoms with Crippen LogP contribution in [-0.2, 0) is 11.3 Å². The van der Waals surface area contributed by atoms with Crippen molar-refractivity contribution in [3.05, 3.63) is 59.9 Å². The number of carbonyl (C=O) groups excluding carboxylic acids is 1. The fourth-order valence-electron chi connectivity index (χ4n) is 1.80. The van der Waals surface area contributed by atoms with E-state index in [1.54, 1.807) is 49.5 Å². The first kappa shape index (κ1) is 15.4. The molecular weight excluding hydrogens is 289 g/mol. The summed E-state index contributed by atoms with van der Waals surface area (Å²) in [5.74, 6) is -0.0771. The van der Waals surface area contributed by atoms with E-state index in [4.69, 9.17) is 0 Å². The van der Waals surface area contributed by atoms with E-state index in [0.29, 0.717) is 10.5 Å². The zero-order valence-corrected chi connectivity index (χ0v) is 12.4. The number of nitrogens with zero attached hydrogens (tertiary/aromatic N) is 1. The molecule has 0 heterocycles. The minimum Gasteiger partial charge on any atom is -0.507 e. The van der Waals surface area contributed by atoms with Crippen LogP contribution < -0.4 is 0 Å². The van der Waals surface area contributed by atoms with Crippen molar-refractivity contribution < 1.29 is 14.3 Å². The number of hydrogen-bond donors (Lipinski definition) is 1. The topological polar surface area (TPSA) is 40.5 Å². The number of carbonyl (C=O) groups is 1. The Morgan fingerprint density at radius 3 is 2.57 bits per heavy atom. The summed E-state index contributed by atoms with van der Waals surface area (Å²) in [6.07, 6.45) is 0. The van der Waals surface area contributed by atoms with Crippen LogP contribution in [0.15, 0.2) is 53.4 Å². The van der Waals surface area contributed by atoms with Gasteiger partial charge in [-0.15, -0.1) is 11.8 Å². The molecule has 110 valence electrons. The lowest BCUT2D eigenvalue weighted by Gasteiger charge is -2.17. The van der Waals surface area contributed by atoms with Gasteiger partial charge in [-0.2, -0.15) is 0 Å². The van der Waals surface area contributed by atoms with Gasteiger partial charge in [0.2, 0.25) is 5.91 Å². The van der Waals surface area contributed by atoms with Gasteiger partial charge in [0.1, 0.15) is 11.6 Å². The molecule has 1 N–H and O–H groups in total. The van der Waals surface area contributed by atoms with Crippen molar-refractivity contribution >= 4 is 17.7 Å². The summed E-state index contributed by atoms with van der Waals surface area (Å²) in [6.45, 7) is 0.229. The number of rotatable bonds is 5. The summed E-state index contributed by atoms with van der Waals surface area (Å²) in [4.78, 5) is 14.2. The fraction of sp³-hybridized carbons (Fsp3) is 0.188. The molecule has 2 rings (SSSR count). The molecule has 0 radical (unpaired) electrons. The molecule has 2 aromatic carbocycles. The van der Waals surface area contributed by atoms with Crippen molar-refractivity contribution in [2.45, 2.75) is 11.4 Å². The Kier molecular flexibility index (Phi) is 5.22. The van der Waals surface area contributed by atoms with Crippen LogP contribution >= 0.6 is 11.8 Å². The molecule has 5 heteroatoms. The largest absolute Gasteiger partial charge is 0.507 e. The van der Waals surface area contributed by atoms with Crippen molar-refractivity contribution in [3.63, 3.8) is 0 Å². The van der Waals surface area contributed by atoms with E-state index >= 15 is 0 Å². The molecule has 0 fully saturated rings. The van der Waals surface area contributed by atoms with Gasteiger partial charge in [-0.25, -0.2) is 4.39 Å². The molecule has 0 unspecified atom stereocenters. The lowest BCUT2D eigenvalue weighted by atomic mass is 10.2. The van der Waals surface area contributed by atoms with Crippen molar-refractivity contribution in [1.82, 2.24) is 4.90 Å². The zero-order valence-electron chi connectivity index (χ0n) is 11.6. The average Bonchev–Trinajstić information content (AvgIpc) is 2.48. The zero-order chi connectivity index (χ0) is 15.2. The SMILES string of the molecule is CN(Cc1ccccc1F)C(=O)CSc1ccccc1O. The first-order chi connectivity index (χ1) is 10.1. The van der Waals surface area contributed by atoms with E-state index in [9.17, 15) is 14.3 Å². The van der Waals surface area contributed by atoms with Gasteiger partial charge in [0.15, 0.2) is 0 Å². The quantitative estimate of drug-likeness (QED) is 0.862. The number of para-hydroxylation sites is 1. The number of phenolic OH excluding ortho intramolecular Hbond substituents is 1. The molecule has 2 aromatic rings. The molecule has 0 aromatic heterocycles. The lowest BCUT2D eigenvalue weighted by molar-refractivity contribution is -0.127. The van der Waals surface area contributed by atoms with Crippen LogP contribution in [-0.4, -0.2) is 28.7 Å². The van der Waals surface area contributed by atoms with Crippen molar-refractivity contribution in [3.8, 4) is 5.75 Å². The first-order valence-electron chi connectivity index (χ1n) is 6.46. The summed E-state index contributed by atoms with van der Waals surface area (Å²) in [7, 11) is 1.64. The van der Waals surface area contributed by atoms with Crippen LogP contribution in [0.3, 0.4) is 0 Å². The minimum absolute atomic E-state index is 0.119. The van der Waals surface area contributed by atoms with E-state index < -0.39 is 0 Å². The Balaban J connectivity index is 1.91. The monoisotopic (exact) mass is 305 g/mol. The first-order valence-corrected chi connectivity index (χ1v) is 7.44. The lowest BCUT2D eigenvalue weighted by Crippen LogP contribution is -2.28. The predicted molar refractivity (Wildman–Crippen MR) is 81.7 cm³/mol. The van der Waals surface area contributed by atoms with Gasteiger partial charge >= 0.3 is 0 Å². The molecule has 0 aliphatic carbocycles. The highest BCUT2D eigenvalue weighted by molar-refractivity contribution is 8.00. The van der Waals surface area contributed by atoms with Crippen molar-refractivity contribution in [2.75, 3.05) is 12.8 Å². The third-order valence-corrected chi connectivity index (χ3v) is 4.06. The smallest absolute Gasteiger partial charge is 0.232 e. The third kappa shape index (κ3) is 4.23. The Morgan fingerprint density at radius 2 is 1.86 bits per heavy atom. The second kappa shape index (κ2) is 7.13. The molecule has 0 spiro atoms. The summed E-state index contributed by atoms with van der Waals surface area (Å²) in [5.41, 5.74) is 0.487. The van der Waals surface area contributed by atoms with Crippen molar-refractivity contribution in [1.29, 1.82) is 0 Å². The van der Waals surface area contributed by atoms with E-state index in [0.717, 1.165) is 0 Å². The molecule has 21 heavy (non-hydrogen) atoms. The fourth-order valence-corrected chi connectivity index (χ4v) is 2.69.